The molecule has 0 spiro atoms. The van der Waals surface area contributed by atoms with E-state index in [0.29, 0.717) is 28.8 Å². The van der Waals surface area contributed by atoms with Gasteiger partial charge in [-0.25, -0.2) is 0 Å². The first-order chi connectivity index (χ1) is 9.72. The van der Waals surface area contributed by atoms with Gasteiger partial charge in [-0.2, -0.15) is 10.1 Å². The highest BCUT2D eigenvalue weighted by Gasteiger charge is 2.13. The van der Waals surface area contributed by atoms with Gasteiger partial charge in [0.15, 0.2) is 5.82 Å². The molecule has 0 amide bonds. The average molecular weight is 352 g/mol. The van der Waals surface area contributed by atoms with Crippen molar-refractivity contribution >= 4 is 33.5 Å². The van der Waals surface area contributed by atoms with Crippen LogP contribution in [0.25, 0.3) is 11.5 Å². The molecule has 3 aromatic rings. The molecule has 0 unspecified atom stereocenters. The lowest BCUT2D eigenvalue weighted by Crippen LogP contribution is -1.88. The fraction of sp³-hybridized carbons (Fsp3) is 0.0833. The molecule has 0 saturated heterocycles. The van der Waals surface area contributed by atoms with Crippen LogP contribution < -0.4 is 5.73 Å². The maximum Gasteiger partial charge on any atom is 0.263 e. The Morgan fingerprint density at radius 1 is 1.30 bits per heavy atom. The Morgan fingerprint density at radius 3 is 2.80 bits per heavy atom. The van der Waals surface area contributed by atoms with Crippen molar-refractivity contribution in [3.63, 3.8) is 0 Å². The Labute approximate surface area is 127 Å². The molecule has 6 nitrogen and oxygen atoms in total. The molecule has 0 aliphatic carbocycles. The molecular formula is C12H10BrN5OS. The molecule has 0 atom stereocenters. The Balaban J connectivity index is 1.69. The summed E-state index contributed by atoms with van der Waals surface area (Å²) in [4.78, 5) is 5.44. The standard InChI is InChI=1S/C12H10BrN5OS/c13-7-1-3-8(4-2-7)20-6-10-16-12(19-18-10)9-5-15-17-11(9)14/h1-5H,6H2,(H3,14,15,17). The van der Waals surface area contributed by atoms with Crippen molar-refractivity contribution in [2.75, 3.05) is 5.73 Å². The highest BCUT2D eigenvalue weighted by Crippen LogP contribution is 2.26. The summed E-state index contributed by atoms with van der Waals surface area (Å²) in [6.45, 7) is 0. The second-order valence-electron chi connectivity index (χ2n) is 3.96. The summed E-state index contributed by atoms with van der Waals surface area (Å²) < 4.78 is 6.23. The van der Waals surface area contributed by atoms with Crippen LogP contribution in [0, 0.1) is 0 Å². The van der Waals surface area contributed by atoms with Crippen LogP contribution in [-0.2, 0) is 5.75 Å². The molecule has 0 aliphatic heterocycles. The number of aromatic amines is 1. The van der Waals surface area contributed by atoms with Gasteiger partial charge in [-0.3, -0.25) is 5.10 Å². The first-order valence-corrected chi connectivity index (χ1v) is 7.50. The van der Waals surface area contributed by atoms with Crippen molar-refractivity contribution in [3.05, 3.63) is 40.8 Å². The van der Waals surface area contributed by atoms with Crippen molar-refractivity contribution in [1.29, 1.82) is 0 Å². The second-order valence-corrected chi connectivity index (χ2v) is 5.92. The lowest BCUT2D eigenvalue weighted by Gasteiger charge is -1.97. The van der Waals surface area contributed by atoms with Crippen LogP contribution in [0.15, 0.2) is 44.4 Å². The van der Waals surface area contributed by atoms with E-state index in [0.717, 1.165) is 9.37 Å². The van der Waals surface area contributed by atoms with Crippen molar-refractivity contribution in [2.24, 2.45) is 0 Å². The Hall–Kier alpha value is -1.80. The summed E-state index contributed by atoms with van der Waals surface area (Å²) in [6.07, 6.45) is 1.56. The molecule has 0 fully saturated rings. The monoisotopic (exact) mass is 351 g/mol. The first-order valence-electron chi connectivity index (χ1n) is 5.72. The third-order valence-electron chi connectivity index (χ3n) is 2.55. The normalized spacial score (nSPS) is 10.8. The number of rotatable bonds is 4. The van der Waals surface area contributed by atoms with Gasteiger partial charge in [0.2, 0.25) is 0 Å². The number of hydrogen-bond donors (Lipinski definition) is 2. The number of nitrogen functional groups attached to an aromatic ring is 1. The molecule has 8 heteroatoms. The quantitative estimate of drug-likeness (QED) is 0.701. The van der Waals surface area contributed by atoms with E-state index in [1.54, 1.807) is 18.0 Å². The van der Waals surface area contributed by atoms with Gasteiger partial charge in [-0.15, -0.1) is 11.8 Å². The van der Waals surface area contributed by atoms with Gasteiger partial charge in [-0.1, -0.05) is 21.1 Å². The summed E-state index contributed by atoms with van der Waals surface area (Å²) in [6, 6.07) is 8.06. The second kappa shape index (κ2) is 5.68. The Morgan fingerprint density at radius 2 is 2.10 bits per heavy atom. The summed E-state index contributed by atoms with van der Waals surface area (Å²) >= 11 is 5.04. The third-order valence-corrected chi connectivity index (χ3v) is 4.09. The highest BCUT2D eigenvalue weighted by atomic mass is 79.9. The lowest BCUT2D eigenvalue weighted by atomic mass is 10.3. The van der Waals surface area contributed by atoms with E-state index in [4.69, 9.17) is 10.3 Å². The zero-order valence-electron chi connectivity index (χ0n) is 10.2. The minimum absolute atomic E-state index is 0.377. The minimum atomic E-state index is 0.377. The number of aromatic nitrogens is 4. The van der Waals surface area contributed by atoms with E-state index in [1.165, 1.54) is 0 Å². The average Bonchev–Trinajstić information content (AvgIpc) is 3.06. The molecule has 102 valence electrons. The van der Waals surface area contributed by atoms with Crippen molar-refractivity contribution < 1.29 is 4.52 Å². The number of halogens is 1. The molecule has 3 rings (SSSR count). The number of thioether (sulfide) groups is 1. The molecule has 1 aromatic carbocycles. The smallest absolute Gasteiger partial charge is 0.263 e. The topological polar surface area (TPSA) is 93.6 Å². The molecular weight excluding hydrogens is 342 g/mol. The number of anilines is 1. The molecule has 20 heavy (non-hydrogen) atoms. The van der Waals surface area contributed by atoms with Crippen LogP contribution in [-0.4, -0.2) is 20.3 Å². The fourth-order valence-corrected chi connectivity index (χ4v) is 2.57. The number of nitrogens with zero attached hydrogens (tertiary/aromatic N) is 3. The summed E-state index contributed by atoms with van der Waals surface area (Å²) in [5.41, 5.74) is 6.33. The van der Waals surface area contributed by atoms with Crippen LogP contribution in [0.1, 0.15) is 5.82 Å². The van der Waals surface area contributed by atoms with E-state index in [9.17, 15) is 0 Å². The van der Waals surface area contributed by atoms with E-state index < -0.39 is 0 Å². The predicted molar refractivity (Wildman–Crippen MR) is 80.0 cm³/mol. The molecule has 0 radical (unpaired) electrons. The van der Waals surface area contributed by atoms with Crippen LogP contribution in [0.5, 0.6) is 0 Å². The fourth-order valence-electron chi connectivity index (χ4n) is 1.57. The highest BCUT2D eigenvalue weighted by molar-refractivity contribution is 9.10. The number of nitrogens with two attached hydrogens (primary N) is 1. The van der Waals surface area contributed by atoms with Gasteiger partial charge >= 0.3 is 0 Å². The van der Waals surface area contributed by atoms with Gasteiger partial charge in [0.1, 0.15) is 11.4 Å². The predicted octanol–water partition coefficient (Wildman–Crippen LogP) is 3.10. The zero-order chi connectivity index (χ0) is 13.9. The van der Waals surface area contributed by atoms with Gasteiger partial charge in [0.05, 0.1) is 11.9 Å². The maximum absolute atomic E-state index is 5.71. The van der Waals surface area contributed by atoms with Gasteiger partial charge in [-0.05, 0) is 24.3 Å². The van der Waals surface area contributed by atoms with E-state index >= 15 is 0 Å². The van der Waals surface area contributed by atoms with Crippen LogP contribution in [0.4, 0.5) is 5.82 Å². The number of hydrogen-bond acceptors (Lipinski definition) is 6. The Kier molecular flexibility index (Phi) is 3.75. The van der Waals surface area contributed by atoms with Crippen molar-refractivity contribution in [3.8, 4) is 11.5 Å². The van der Waals surface area contributed by atoms with Crippen molar-refractivity contribution in [2.45, 2.75) is 10.6 Å². The third kappa shape index (κ3) is 2.86. The summed E-state index contributed by atoms with van der Waals surface area (Å²) in [5, 5.41) is 10.4. The van der Waals surface area contributed by atoms with E-state index in [-0.39, 0.29) is 0 Å². The molecule has 2 aromatic heterocycles. The van der Waals surface area contributed by atoms with Crippen molar-refractivity contribution in [1.82, 2.24) is 20.3 Å². The maximum atomic E-state index is 5.71. The van der Waals surface area contributed by atoms with Gasteiger partial charge in [0, 0.05) is 9.37 Å². The lowest BCUT2D eigenvalue weighted by molar-refractivity contribution is 0.425. The number of benzene rings is 1. The first kappa shape index (κ1) is 13.2. The largest absolute Gasteiger partial charge is 0.383 e. The Bertz CT molecular complexity index is 709. The summed E-state index contributed by atoms with van der Waals surface area (Å²) in [5.74, 6) is 2.04. The van der Waals surface area contributed by atoms with Crippen LogP contribution in [0.2, 0.25) is 0 Å². The van der Waals surface area contributed by atoms with Gasteiger partial charge in [0.25, 0.3) is 5.89 Å². The zero-order valence-corrected chi connectivity index (χ0v) is 12.6. The minimum Gasteiger partial charge on any atom is -0.383 e. The SMILES string of the molecule is Nc1[nH]ncc1-c1nc(CSc2ccc(Br)cc2)no1. The van der Waals surface area contributed by atoms with E-state index in [1.807, 2.05) is 24.3 Å². The molecule has 0 bridgehead atoms. The number of nitrogens with one attached hydrogen (secondary N) is 1. The number of H-pyrrole nitrogens is 1. The molecule has 3 N–H and O–H groups in total. The van der Waals surface area contributed by atoms with Crippen LogP contribution >= 0.6 is 27.7 Å². The van der Waals surface area contributed by atoms with Crippen LogP contribution in [0.3, 0.4) is 0 Å². The van der Waals surface area contributed by atoms with Gasteiger partial charge < -0.3 is 10.3 Å². The molecule has 0 aliphatic rings. The molecule has 0 saturated carbocycles. The molecule has 2 heterocycles. The summed E-state index contributed by atoms with van der Waals surface area (Å²) in [7, 11) is 0. The van der Waals surface area contributed by atoms with E-state index in [2.05, 4.69) is 36.3 Å².